The van der Waals surface area contributed by atoms with Gasteiger partial charge in [-0.25, -0.2) is 4.79 Å². The predicted molar refractivity (Wildman–Crippen MR) is 79.9 cm³/mol. The third-order valence-corrected chi connectivity index (χ3v) is 3.93. The molecule has 21 heavy (non-hydrogen) atoms. The summed E-state index contributed by atoms with van der Waals surface area (Å²) in [6, 6.07) is 7.18. The van der Waals surface area contributed by atoms with Crippen LogP contribution in [0.5, 0.6) is 0 Å². The van der Waals surface area contributed by atoms with Gasteiger partial charge in [0.2, 0.25) is 0 Å². The second-order valence-electron chi connectivity index (χ2n) is 4.96. The minimum Gasteiger partial charge on any atom is -0.467 e. The fraction of sp³-hybridized carbons (Fsp3) is 0.500. The molecule has 0 saturated heterocycles. The first-order valence-corrected chi connectivity index (χ1v) is 7.13. The average Bonchev–Trinajstić information content (AvgIpc) is 3.33. The Labute approximate surface area is 128 Å². The van der Waals surface area contributed by atoms with Crippen molar-refractivity contribution in [2.45, 2.75) is 18.4 Å². The van der Waals surface area contributed by atoms with Crippen LogP contribution in [0.25, 0.3) is 10.4 Å². The molecule has 0 radical (unpaired) electrons. The average molecular weight is 309 g/mol. The fourth-order valence-corrected chi connectivity index (χ4v) is 2.70. The Bertz CT molecular complexity index is 553. The Hall–Kier alpha value is -1.75. The van der Waals surface area contributed by atoms with Gasteiger partial charge >= 0.3 is 5.97 Å². The van der Waals surface area contributed by atoms with Gasteiger partial charge in [-0.05, 0) is 42.0 Å². The number of nitrogens with one attached hydrogen (secondary N) is 1. The number of methoxy groups -OCH3 is 1. The number of ether oxygens (including phenoxy) is 1. The first-order chi connectivity index (χ1) is 10.1. The van der Waals surface area contributed by atoms with Crippen LogP contribution in [0.2, 0.25) is 5.02 Å². The van der Waals surface area contributed by atoms with Crippen molar-refractivity contribution in [3.8, 4) is 0 Å². The maximum Gasteiger partial charge on any atom is 0.331 e. The van der Waals surface area contributed by atoms with Crippen molar-refractivity contribution in [2.24, 2.45) is 11.0 Å². The number of halogens is 1. The number of benzene rings is 1. The molecule has 0 amide bonds. The highest BCUT2D eigenvalue weighted by Gasteiger charge is 2.52. The van der Waals surface area contributed by atoms with Crippen LogP contribution in [-0.4, -0.2) is 26.2 Å². The molecular weight excluding hydrogens is 292 g/mol. The quantitative estimate of drug-likeness (QED) is 0.276. The van der Waals surface area contributed by atoms with Gasteiger partial charge in [-0.2, -0.15) is 0 Å². The molecule has 2 rings (SSSR count). The van der Waals surface area contributed by atoms with E-state index in [1.807, 2.05) is 12.1 Å². The highest BCUT2D eigenvalue weighted by Crippen LogP contribution is 2.46. The van der Waals surface area contributed by atoms with Gasteiger partial charge in [0.25, 0.3) is 0 Å². The van der Waals surface area contributed by atoms with Gasteiger partial charge in [-0.1, -0.05) is 28.8 Å². The predicted octanol–water partition coefficient (Wildman–Crippen LogP) is 3.02. The maximum atomic E-state index is 12.4. The molecule has 7 heteroatoms. The van der Waals surface area contributed by atoms with Gasteiger partial charge in [0, 0.05) is 23.0 Å². The van der Waals surface area contributed by atoms with Crippen LogP contribution >= 0.6 is 11.6 Å². The van der Waals surface area contributed by atoms with Crippen molar-refractivity contribution in [1.29, 1.82) is 0 Å². The smallest absolute Gasteiger partial charge is 0.331 e. The lowest BCUT2D eigenvalue weighted by Crippen LogP contribution is -2.52. The molecule has 0 spiro atoms. The van der Waals surface area contributed by atoms with Crippen LogP contribution in [-0.2, 0) is 15.1 Å². The van der Waals surface area contributed by atoms with Crippen LogP contribution < -0.4 is 5.32 Å². The Balaban J connectivity index is 2.33. The maximum absolute atomic E-state index is 12.4. The molecule has 1 aromatic carbocycles. The topological polar surface area (TPSA) is 87.1 Å². The molecular formula is C14H17ClN4O2. The van der Waals surface area contributed by atoms with Crippen molar-refractivity contribution in [1.82, 2.24) is 5.32 Å². The van der Waals surface area contributed by atoms with Crippen LogP contribution in [0, 0.1) is 5.92 Å². The molecule has 0 heterocycles. The van der Waals surface area contributed by atoms with Crippen molar-refractivity contribution >= 4 is 17.6 Å². The number of hydrogen-bond acceptors (Lipinski definition) is 4. The first-order valence-electron chi connectivity index (χ1n) is 6.75. The summed E-state index contributed by atoms with van der Waals surface area (Å²) in [7, 11) is 1.38. The minimum atomic E-state index is -0.898. The van der Waals surface area contributed by atoms with E-state index in [1.54, 1.807) is 12.1 Å². The summed E-state index contributed by atoms with van der Waals surface area (Å²) in [6.07, 6.45) is 1.90. The van der Waals surface area contributed by atoms with E-state index in [0.717, 1.165) is 18.4 Å². The number of rotatable bonds is 7. The molecule has 112 valence electrons. The van der Waals surface area contributed by atoms with Crippen LogP contribution in [0.15, 0.2) is 29.4 Å². The molecule has 1 atom stereocenters. The van der Waals surface area contributed by atoms with E-state index in [9.17, 15) is 4.79 Å². The van der Waals surface area contributed by atoms with E-state index in [-0.39, 0.29) is 18.4 Å². The molecule has 1 unspecified atom stereocenters. The number of carbonyl (C=O) groups is 1. The highest BCUT2D eigenvalue weighted by molar-refractivity contribution is 6.30. The minimum absolute atomic E-state index is 0.178. The van der Waals surface area contributed by atoms with Crippen molar-refractivity contribution in [2.75, 3.05) is 20.2 Å². The summed E-state index contributed by atoms with van der Waals surface area (Å²) < 4.78 is 5.02. The number of hydrogen-bond donors (Lipinski definition) is 1. The second-order valence-corrected chi connectivity index (χ2v) is 5.40. The van der Waals surface area contributed by atoms with Gasteiger partial charge in [0.1, 0.15) is 5.54 Å². The zero-order chi connectivity index (χ0) is 15.3. The molecule has 1 N–H and O–H groups in total. The summed E-state index contributed by atoms with van der Waals surface area (Å²) in [5.41, 5.74) is 8.27. The molecule has 1 saturated carbocycles. The lowest BCUT2D eigenvalue weighted by atomic mass is 9.84. The molecule has 6 nitrogen and oxygen atoms in total. The van der Waals surface area contributed by atoms with Crippen molar-refractivity contribution in [3.63, 3.8) is 0 Å². The van der Waals surface area contributed by atoms with E-state index in [4.69, 9.17) is 21.9 Å². The molecule has 1 fully saturated rings. The molecule has 1 aliphatic rings. The normalized spacial score (nSPS) is 16.7. The van der Waals surface area contributed by atoms with Crippen LogP contribution in [0.1, 0.15) is 18.4 Å². The summed E-state index contributed by atoms with van der Waals surface area (Å²) >= 11 is 5.92. The number of carbonyl (C=O) groups excluding carboxylic acids is 1. The number of azide groups is 1. The zero-order valence-electron chi connectivity index (χ0n) is 11.8. The monoisotopic (exact) mass is 308 g/mol. The second kappa shape index (κ2) is 6.80. The summed E-state index contributed by atoms with van der Waals surface area (Å²) in [5, 5.41) is 7.34. The molecule has 0 bridgehead atoms. The fourth-order valence-electron chi connectivity index (χ4n) is 2.58. The van der Waals surface area contributed by atoms with Crippen molar-refractivity contribution < 1.29 is 9.53 Å². The van der Waals surface area contributed by atoms with Gasteiger partial charge < -0.3 is 4.74 Å². The van der Waals surface area contributed by atoms with Gasteiger partial charge in [-0.15, -0.1) is 0 Å². The van der Waals surface area contributed by atoms with Crippen LogP contribution in [0.4, 0.5) is 0 Å². The lowest BCUT2D eigenvalue weighted by molar-refractivity contribution is -0.150. The Morgan fingerprint density at radius 2 is 2.19 bits per heavy atom. The van der Waals surface area contributed by atoms with Gasteiger partial charge in [0.15, 0.2) is 0 Å². The molecule has 1 aliphatic carbocycles. The molecule has 0 aromatic heterocycles. The van der Waals surface area contributed by atoms with E-state index < -0.39 is 5.54 Å². The van der Waals surface area contributed by atoms with Crippen LogP contribution in [0.3, 0.4) is 0 Å². The largest absolute Gasteiger partial charge is 0.467 e. The third-order valence-electron chi connectivity index (χ3n) is 3.68. The first kappa shape index (κ1) is 15.6. The highest BCUT2D eigenvalue weighted by atomic mass is 35.5. The SMILES string of the molecule is COC(=O)C(NCCN=[N+]=[N-])(c1ccc(Cl)cc1)C1CC1. The third kappa shape index (κ3) is 3.29. The Morgan fingerprint density at radius 1 is 1.52 bits per heavy atom. The van der Waals surface area contributed by atoms with E-state index in [0.29, 0.717) is 11.6 Å². The number of esters is 1. The Kier molecular flexibility index (Phi) is 5.07. The summed E-state index contributed by atoms with van der Waals surface area (Å²) in [5.74, 6) is -0.148. The van der Waals surface area contributed by atoms with Gasteiger partial charge in [0.05, 0.1) is 7.11 Å². The lowest BCUT2D eigenvalue weighted by Gasteiger charge is -2.33. The zero-order valence-corrected chi connectivity index (χ0v) is 12.5. The van der Waals surface area contributed by atoms with E-state index >= 15 is 0 Å². The molecule has 0 aliphatic heterocycles. The van der Waals surface area contributed by atoms with Crippen molar-refractivity contribution in [3.05, 3.63) is 45.3 Å². The molecule has 1 aromatic rings. The van der Waals surface area contributed by atoms with E-state index in [1.165, 1.54) is 7.11 Å². The summed E-state index contributed by atoms with van der Waals surface area (Å²) in [4.78, 5) is 15.2. The Morgan fingerprint density at radius 3 is 2.71 bits per heavy atom. The van der Waals surface area contributed by atoms with E-state index in [2.05, 4.69) is 15.3 Å². The number of nitrogens with zero attached hydrogens (tertiary/aromatic N) is 3. The standard InChI is InChI=1S/C14H17ClN4O2/c1-21-13(20)14(10-2-3-10,17-8-9-18-19-16)11-4-6-12(15)7-5-11/h4-7,10,17H,2-3,8-9H2,1H3. The van der Waals surface area contributed by atoms with Gasteiger partial charge in [-0.3, -0.25) is 5.32 Å². The summed E-state index contributed by atoms with van der Waals surface area (Å²) in [6.45, 7) is 0.674.